The van der Waals surface area contributed by atoms with Crippen LogP contribution in [0.5, 0.6) is 0 Å². The van der Waals surface area contributed by atoms with Crippen LogP contribution in [0, 0.1) is 0 Å². The van der Waals surface area contributed by atoms with Gasteiger partial charge in [0.1, 0.15) is 0 Å². The number of rotatable bonds is 6. The summed E-state index contributed by atoms with van der Waals surface area (Å²) < 4.78 is 10.7. The third-order valence-electron chi connectivity index (χ3n) is 5.15. The molecule has 26 heavy (non-hydrogen) atoms. The zero-order valence-corrected chi connectivity index (χ0v) is 15.9. The van der Waals surface area contributed by atoms with Crippen molar-refractivity contribution < 1.29 is 14.1 Å². The van der Waals surface area contributed by atoms with Gasteiger partial charge < -0.3 is 19.5 Å². The second-order valence-electron chi connectivity index (χ2n) is 7.40. The average Bonchev–Trinajstić information content (AvgIpc) is 3.15. The number of hydrogen-bond donors (Lipinski definition) is 1. The lowest BCUT2D eigenvalue weighted by molar-refractivity contribution is 0.0187. The summed E-state index contributed by atoms with van der Waals surface area (Å²) in [4.78, 5) is 21.1. The van der Waals surface area contributed by atoms with E-state index in [-0.39, 0.29) is 11.9 Å². The number of nitrogens with one attached hydrogen (secondary N) is 1. The number of carbonyl (C=O) groups excluding carboxylic acids is 1. The molecular formula is C18H31N5O3. The van der Waals surface area contributed by atoms with Crippen molar-refractivity contribution in [2.75, 3.05) is 45.9 Å². The molecule has 2 fully saturated rings. The standard InChI is InChI=1S/C18H31N5O3/c1-14(2)17-20-16(26-21-17)4-3-7-19-18(24)23-10-8-22(9-11-23)15-5-12-25-13-6-15/h14-15H,3-13H2,1-2H3,(H,19,24). The van der Waals surface area contributed by atoms with Gasteiger partial charge in [-0.15, -0.1) is 0 Å². The van der Waals surface area contributed by atoms with Crippen LogP contribution in [-0.4, -0.2) is 78.0 Å². The van der Waals surface area contributed by atoms with Crippen LogP contribution in [0.15, 0.2) is 4.52 Å². The normalized spacial score (nSPS) is 19.9. The van der Waals surface area contributed by atoms with E-state index in [0.29, 0.717) is 24.9 Å². The van der Waals surface area contributed by atoms with Crippen molar-refractivity contribution in [1.82, 2.24) is 25.3 Å². The van der Waals surface area contributed by atoms with Crippen LogP contribution in [0.1, 0.15) is 50.7 Å². The zero-order valence-electron chi connectivity index (χ0n) is 15.9. The molecule has 0 aromatic carbocycles. The maximum absolute atomic E-state index is 12.3. The molecule has 0 saturated carbocycles. The van der Waals surface area contributed by atoms with E-state index < -0.39 is 0 Å². The Morgan fingerprint density at radius 2 is 1.96 bits per heavy atom. The molecular weight excluding hydrogens is 334 g/mol. The Balaban J connectivity index is 1.31. The summed E-state index contributed by atoms with van der Waals surface area (Å²) in [5, 5.41) is 6.96. The highest BCUT2D eigenvalue weighted by Gasteiger charge is 2.27. The third-order valence-corrected chi connectivity index (χ3v) is 5.15. The summed E-state index contributed by atoms with van der Waals surface area (Å²) in [6.45, 7) is 9.94. The Labute approximate surface area is 155 Å². The molecule has 3 rings (SSSR count). The van der Waals surface area contributed by atoms with Gasteiger partial charge in [0.05, 0.1) is 0 Å². The molecule has 2 saturated heterocycles. The van der Waals surface area contributed by atoms with E-state index in [1.165, 1.54) is 0 Å². The number of nitrogens with zero attached hydrogens (tertiary/aromatic N) is 4. The minimum absolute atomic E-state index is 0.0324. The number of piperazine rings is 1. The van der Waals surface area contributed by atoms with Crippen molar-refractivity contribution in [3.8, 4) is 0 Å². The number of carbonyl (C=O) groups is 1. The summed E-state index contributed by atoms with van der Waals surface area (Å²) in [7, 11) is 0. The van der Waals surface area contributed by atoms with Gasteiger partial charge in [0.2, 0.25) is 5.89 Å². The summed E-state index contributed by atoms with van der Waals surface area (Å²) in [5.41, 5.74) is 0. The molecule has 0 spiro atoms. The van der Waals surface area contributed by atoms with Crippen molar-refractivity contribution in [3.05, 3.63) is 11.7 Å². The molecule has 2 aliphatic rings. The highest BCUT2D eigenvalue weighted by molar-refractivity contribution is 5.74. The van der Waals surface area contributed by atoms with Crippen LogP contribution >= 0.6 is 0 Å². The van der Waals surface area contributed by atoms with Gasteiger partial charge in [-0.3, -0.25) is 4.90 Å². The molecule has 8 nitrogen and oxygen atoms in total. The molecule has 2 aliphatic heterocycles. The number of urea groups is 1. The molecule has 8 heteroatoms. The zero-order chi connectivity index (χ0) is 18.4. The molecule has 0 bridgehead atoms. The monoisotopic (exact) mass is 365 g/mol. The van der Waals surface area contributed by atoms with Crippen molar-refractivity contribution >= 4 is 6.03 Å². The fraction of sp³-hybridized carbons (Fsp3) is 0.833. The minimum atomic E-state index is 0.0324. The lowest BCUT2D eigenvalue weighted by Crippen LogP contribution is -2.55. The molecule has 1 aromatic heterocycles. The lowest BCUT2D eigenvalue weighted by atomic mass is 10.1. The second-order valence-corrected chi connectivity index (χ2v) is 7.40. The highest BCUT2D eigenvalue weighted by Crippen LogP contribution is 2.16. The Morgan fingerprint density at radius 1 is 1.23 bits per heavy atom. The molecule has 1 N–H and O–H groups in total. The van der Waals surface area contributed by atoms with Crippen LogP contribution in [0.3, 0.4) is 0 Å². The Kier molecular flexibility index (Phi) is 6.85. The van der Waals surface area contributed by atoms with Crippen molar-refractivity contribution in [1.29, 1.82) is 0 Å². The number of hydrogen-bond acceptors (Lipinski definition) is 6. The second kappa shape index (κ2) is 9.32. The number of aromatic nitrogens is 2. The van der Waals surface area contributed by atoms with Gasteiger partial charge >= 0.3 is 6.03 Å². The predicted molar refractivity (Wildman–Crippen MR) is 97.1 cm³/mol. The summed E-state index contributed by atoms with van der Waals surface area (Å²) in [5.74, 6) is 1.66. The summed E-state index contributed by atoms with van der Waals surface area (Å²) in [6.07, 6.45) is 3.71. The first-order valence-corrected chi connectivity index (χ1v) is 9.80. The Hall–Kier alpha value is -1.67. The molecule has 0 radical (unpaired) electrons. The highest BCUT2D eigenvalue weighted by atomic mass is 16.5. The van der Waals surface area contributed by atoms with Crippen LogP contribution in [0.2, 0.25) is 0 Å². The largest absolute Gasteiger partial charge is 0.381 e. The molecule has 0 unspecified atom stereocenters. The first-order valence-electron chi connectivity index (χ1n) is 9.80. The maximum Gasteiger partial charge on any atom is 0.317 e. The van der Waals surface area contributed by atoms with E-state index >= 15 is 0 Å². The fourth-order valence-corrected chi connectivity index (χ4v) is 3.49. The topological polar surface area (TPSA) is 83.7 Å². The SMILES string of the molecule is CC(C)c1noc(CCCNC(=O)N2CCN(C3CCOCC3)CC2)n1. The van der Waals surface area contributed by atoms with Gasteiger partial charge in [0, 0.05) is 64.3 Å². The first-order chi connectivity index (χ1) is 12.6. The van der Waals surface area contributed by atoms with E-state index in [4.69, 9.17) is 9.26 Å². The van der Waals surface area contributed by atoms with E-state index in [9.17, 15) is 4.79 Å². The van der Waals surface area contributed by atoms with Crippen molar-refractivity contribution in [2.24, 2.45) is 0 Å². The molecule has 0 aliphatic carbocycles. The predicted octanol–water partition coefficient (Wildman–Crippen LogP) is 1.63. The van der Waals surface area contributed by atoms with E-state index in [0.717, 1.165) is 64.5 Å². The smallest absolute Gasteiger partial charge is 0.317 e. The Bertz CT molecular complexity index is 563. The van der Waals surface area contributed by atoms with E-state index in [1.807, 2.05) is 18.7 Å². The quantitative estimate of drug-likeness (QED) is 0.772. The molecule has 3 heterocycles. The molecule has 146 valence electrons. The minimum Gasteiger partial charge on any atom is -0.381 e. The van der Waals surface area contributed by atoms with Crippen LogP contribution in [0.25, 0.3) is 0 Å². The molecule has 1 aromatic rings. The van der Waals surface area contributed by atoms with Crippen LogP contribution in [-0.2, 0) is 11.2 Å². The molecule has 0 atom stereocenters. The van der Waals surface area contributed by atoms with Gasteiger partial charge in [0.25, 0.3) is 0 Å². The van der Waals surface area contributed by atoms with E-state index in [2.05, 4.69) is 20.4 Å². The van der Waals surface area contributed by atoms with Crippen molar-refractivity contribution in [3.63, 3.8) is 0 Å². The average molecular weight is 365 g/mol. The van der Waals surface area contributed by atoms with Crippen molar-refractivity contribution in [2.45, 2.75) is 51.5 Å². The maximum atomic E-state index is 12.3. The summed E-state index contributed by atoms with van der Waals surface area (Å²) in [6, 6.07) is 0.657. The Morgan fingerprint density at radius 3 is 2.62 bits per heavy atom. The van der Waals surface area contributed by atoms with Crippen LogP contribution < -0.4 is 5.32 Å². The fourth-order valence-electron chi connectivity index (χ4n) is 3.49. The van der Waals surface area contributed by atoms with Gasteiger partial charge in [0.15, 0.2) is 5.82 Å². The van der Waals surface area contributed by atoms with Gasteiger partial charge in [-0.05, 0) is 19.3 Å². The summed E-state index contributed by atoms with van der Waals surface area (Å²) >= 11 is 0. The van der Waals surface area contributed by atoms with Gasteiger partial charge in [-0.25, -0.2) is 4.79 Å². The third kappa shape index (κ3) is 5.17. The number of aryl methyl sites for hydroxylation is 1. The van der Waals surface area contributed by atoms with Gasteiger partial charge in [-0.2, -0.15) is 4.98 Å². The van der Waals surface area contributed by atoms with Crippen LogP contribution in [0.4, 0.5) is 4.79 Å². The molecule has 2 amide bonds. The number of amides is 2. The lowest BCUT2D eigenvalue weighted by Gasteiger charge is -2.40. The number of ether oxygens (including phenoxy) is 1. The van der Waals surface area contributed by atoms with Gasteiger partial charge in [-0.1, -0.05) is 19.0 Å². The first kappa shape index (κ1) is 19.1. The van der Waals surface area contributed by atoms with E-state index in [1.54, 1.807) is 0 Å².